The number of nitrogens with one attached hydrogen (secondary N) is 2. The van der Waals surface area contributed by atoms with Crippen LogP contribution in [0.5, 0.6) is 0 Å². The quantitative estimate of drug-likeness (QED) is 0.385. The molecule has 0 radical (unpaired) electrons. The number of hydrogen-bond acceptors (Lipinski definition) is 4. The average molecular weight is 472 g/mol. The fourth-order valence-corrected chi connectivity index (χ4v) is 3.03. The first-order chi connectivity index (χ1) is 12.3. The number of morpholine rings is 1. The summed E-state index contributed by atoms with van der Waals surface area (Å²) in [5.74, 6) is 1.75. The number of ether oxygens (including phenoxy) is 1. The lowest BCUT2D eigenvalue weighted by Gasteiger charge is -2.26. The van der Waals surface area contributed by atoms with E-state index in [1.807, 2.05) is 18.2 Å². The molecule has 26 heavy (non-hydrogen) atoms. The maximum atomic E-state index is 5.94. The molecule has 1 fully saturated rings. The Balaban J connectivity index is 0.00000243. The Hall–Kier alpha value is -1.32. The largest absolute Gasteiger partial charge is 0.459 e. The average Bonchev–Trinajstić information content (AvgIpc) is 2.97. The van der Waals surface area contributed by atoms with Gasteiger partial charge in [-0.2, -0.15) is 0 Å². The highest BCUT2D eigenvalue weighted by atomic mass is 127. The van der Waals surface area contributed by atoms with Gasteiger partial charge in [-0.05, 0) is 19.9 Å². The molecule has 2 heterocycles. The van der Waals surface area contributed by atoms with E-state index in [2.05, 4.69) is 40.4 Å². The fourth-order valence-electron chi connectivity index (χ4n) is 3.03. The van der Waals surface area contributed by atoms with Crippen molar-refractivity contribution < 1.29 is 9.15 Å². The van der Waals surface area contributed by atoms with E-state index in [9.17, 15) is 0 Å². The zero-order valence-electron chi connectivity index (χ0n) is 15.6. The van der Waals surface area contributed by atoms with Crippen LogP contribution in [0.2, 0.25) is 0 Å². The van der Waals surface area contributed by atoms with E-state index in [-0.39, 0.29) is 24.0 Å². The van der Waals surface area contributed by atoms with Gasteiger partial charge in [-0.3, -0.25) is 4.90 Å². The number of fused-ring (bicyclic) bond motifs is 1. The maximum Gasteiger partial charge on any atom is 0.191 e. The molecule has 0 amide bonds. The summed E-state index contributed by atoms with van der Waals surface area (Å²) in [6, 6.07) is 8.12. The zero-order valence-corrected chi connectivity index (χ0v) is 17.9. The summed E-state index contributed by atoms with van der Waals surface area (Å²) in [6.07, 6.45) is 0. The molecule has 2 aromatic rings. The van der Waals surface area contributed by atoms with Crippen LogP contribution < -0.4 is 10.6 Å². The molecular formula is C19H29IN4O2. The van der Waals surface area contributed by atoms with Crippen LogP contribution in [0.3, 0.4) is 0 Å². The van der Waals surface area contributed by atoms with Crippen molar-refractivity contribution in [1.29, 1.82) is 0 Å². The van der Waals surface area contributed by atoms with Crippen LogP contribution in [-0.4, -0.2) is 56.8 Å². The summed E-state index contributed by atoms with van der Waals surface area (Å²) in [5, 5.41) is 7.87. The number of rotatable bonds is 6. The van der Waals surface area contributed by atoms with Gasteiger partial charge < -0.3 is 19.8 Å². The van der Waals surface area contributed by atoms with Crippen LogP contribution in [0.4, 0.5) is 0 Å². The second-order valence-corrected chi connectivity index (χ2v) is 6.22. The van der Waals surface area contributed by atoms with E-state index in [1.54, 1.807) is 0 Å². The first-order valence-electron chi connectivity index (χ1n) is 9.07. The third kappa shape index (κ3) is 5.59. The molecule has 1 aromatic carbocycles. The third-order valence-corrected chi connectivity index (χ3v) is 4.49. The van der Waals surface area contributed by atoms with E-state index >= 15 is 0 Å². The van der Waals surface area contributed by atoms with Crippen molar-refractivity contribution in [3.8, 4) is 0 Å². The molecule has 1 aromatic heterocycles. The lowest BCUT2D eigenvalue weighted by molar-refractivity contribution is 0.0389. The van der Waals surface area contributed by atoms with Crippen LogP contribution in [0.1, 0.15) is 18.2 Å². The summed E-state index contributed by atoms with van der Waals surface area (Å²) >= 11 is 0. The first-order valence-corrected chi connectivity index (χ1v) is 9.07. The smallest absolute Gasteiger partial charge is 0.191 e. The predicted molar refractivity (Wildman–Crippen MR) is 116 cm³/mol. The van der Waals surface area contributed by atoms with Crippen molar-refractivity contribution in [1.82, 2.24) is 15.5 Å². The number of nitrogens with zero attached hydrogens (tertiary/aromatic N) is 2. The second kappa shape index (κ2) is 10.7. The number of aliphatic imine (C=N–C) groups is 1. The Morgan fingerprint density at radius 1 is 1.19 bits per heavy atom. The van der Waals surface area contributed by atoms with Gasteiger partial charge in [0.1, 0.15) is 17.9 Å². The maximum absolute atomic E-state index is 5.94. The van der Waals surface area contributed by atoms with Crippen molar-refractivity contribution in [2.45, 2.75) is 20.4 Å². The molecule has 144 valence electrons. The Morgan fingerprint density at radius 2 is 1.96 bits per heavy atom. The van der Waals surface area contributed by atoms with Gasteiger partial charge in [0.25, 0.3) is 0 Å². The van der Waals surface area contributed by atoms with E-state index in [0.29, 0.717) is 6.54 Å². The number of benzene rings is 1. The molecule has 0 unspecified atom stereocenters. The SMILES string of the molecule is CCNC(=NCc1oc2ccccc2c1C)NCCN1CCOCC1.I. The molecule has 0 aliphatic carbocycles. The minimum absolute atomic E-state index is 0. The van der Waals surface area contributed by atoms with Gasteiger partial charge in [0, 0.05) is 43.7 Å². The van der Waals surface area contributed by atoms with E-state index in [4.69, 9.17) is 9.15 Å². The predicted octanol–water partition coefficient (Wildman–Crippen LogP) is 2.75. The molecular weight excluding hydrogens is 443 g/mol. The van der Waals surface area contributed by atoms with Crippen LogP contribution in [0.15, 0.2) is 33.7 Å². The van der Waals surface area contributed by atoms with Crippen molar-refractivity contribution >= 4 is 40.9 Å². The highest BCUT2D eigenvalue weighted by Crippen LogP contribution is 2.25. The van der Waals surface area contributed by atoms with Gasteiger partial charge in [0.15, 0.2) is 5.96 Å². The highest BCUT2D eigenvalue weighted by molar-refractivity contribution is 14.0. The number of aryl methyl sites for hydroxylation is 1. The standard InChI is InChI=1S/C19H28N4O2.HI/c1-3-20-19(21-8-9-23-10-12-24-13-11-23)22-14-18-15(2)16-6-4-5-7-17(16)25-18;/h4-7H,3,8-14H2,1-2H3,(H2,20,21,22);1H. The number of para-hydroxylation sites is 1. The molecule has 1 aliphatic rings. The summed E-state index contributed by atoms with van der Waals surface area (Å²) < 4.78 is 11.3. The fraction of sp³-hybridized carbons (Fsp3) is 0.526. The summed E-state index contributed by atoms with van der Waals surface area (Å²) in [7, 11) is 0. The van der Waals surface area contributed by atoms with Crippen molar-refractivity contribution in [3.05, 3.63) is 35.6 Å². The topological polar surface area (TPSA) is 62.0 Å². The Labute approximate surface area is 172 Å². The van der Waals surface area contributed by atoms with E-state index in [0.717, 1.165) is 68.6 Å². The van der Waals surface area contributed by atoms with Gasteiger partial charge in [-0.1, -0.05) is 18.2 Å². The molecule has 0 atom stereocenters. The molecule has 3 rings (SSSR count). The molecule has 1 aliphatic heterocycles. The number of halogens is 1. The Bertz CT molecular complexity index is 711. The monoisotopic (exact) mass is 472 g/mol. The lowest BCUT2D eigenvalue weighted by atomic mass is 10.1. The van der Waals surface area contributed by atoms with Gasteiger partial charge in [0.05, 0.1) is 13.2 Å². The molecule has 7 heteroatoms. The molecule has 1 saturated heterocycles. The normalized spacial score (nSPS) is 15.7. The molecule has 0 bridgehead atoms. The van der Waals surface area contributed by atoms with E-state index < -0.39 is 0 Å². The Morgan fingerprint density at radius 3 is 2.69 bits per heavy atom. The molecule has 0 spiro atoms. The Kier molecular flexibility index (Phi) is 8.67. The van der Waals surface area contributed by atoms with Crippen LogP contribution in [0.25, 0.3) is 11.0 Å². The van der Waals surface area contributed by atoms with Gasteiger partial charge in [0.2, 0.25) is 0 Å². The van der Waals surface area contributed by atoms with Crippen molar-refractivity contribution in [3.63, 3.8) is 0 Å². The minimum Gasteiger partial charge on any atom is -0.459 e. The number of hydrogen-bond donors (Lipinski definition) is 2. The third-order valence-electron chi connectivity index (χ3n) is 4.49. The van der Waals surface area contributed by atoms with Crippen LogP contribution in [-0.2, 0) is 11.3 Å². The number of guanidine groups is 1. The summed E-state index contributed by atoms with van der Waals surface area (Å²) in [4.78, 5) is 7.09. The van der Waals surface area contributed by atoms with Crippen molar-refractivity contribution in [2.24, 2.45) is 4.99 Å². The molecule has 6 nitrogen and oxygen atoms in total. The van der Waals surface area contributed by atoms with Gasteiger partial charge in [-0.15, -0.1) is 24.0 Å². The minimum atomic E-state index is 0. The highest BCUT2D eigenvalue weighted by Gasteiger charge is 2.11. The molecule has 0 saturated carbocycles. The van der Waals surface area contributed by atoms with Gasteiger partial charge in [-0.25, -0.2) is 4.99 Å². The molecule has 2 N–H and O–H groups in total. The first kappa shape index (κ1) is 21.0. The lowest BCUT2D eigenvalue weighted by Crippen LogP contribution is -2.44. The van der Waals surface area contributed by atoms with Crippen molar-refractivity contribution in [2.75, 3.05) is 45.9 Å². The van der Waals surface area contributed by atoms with Gasteiger partial charge >= 0.3 is 0 Å². The summed E-state index contributed by atoms with van der Waals surface area (Å²) in [6.45, 7) is 11.1. The number of furan rings is 1. The zero-order chi connectivity index (χ0) is 17.5. The second-order valence-electron chi connectivity index (χ2n) is 6.22. The summed E-state index contributed by atoms with van der Waals surface area (Å²) in [5.41, 5.74) is 2.10. The van der Waals surface area contributed by atoms with Crippen LogP contribution >= 0.6 is 24.0 Å². The van der Waals surface area contributed by atoms with E-state index in [1.165, 1.54) is 5.56 Å². The van der Waals surface area contributed by atoms with Crippen LogP contribution in [0, 0.1) is 6.92 Å².